The van der Waals surface area contributed by atoms with Crippen LogP contribution in [0.5, 0.6) is 0 Å². The van der Waals surface area contributed by atoms with E-state index in [9.17, 15) is 0 Å². The van der Waals surface area contributed by atoms with Gasteiger partial charge in [0.15, 0.2) is 4.77 Å². The van der Waals surface area contributed by atoms with Gasteiger partial charge in [0.05, 0.1) is 21.7 Å². The zero-order valence-electron chi connectivity index (χ0n) is 10.7. The Hall–Kier alpha value is -1.58. The second-order valence-electron chi connectivity index (χ2n) is 4.62. The number of halogens is 1. The summed E-state index contributed by atoms with van der Waals surface area (Å²) >= 11 is 11.7. The molecule has 0 atom stereocenters. The molecule has 4 heteroatoms. The molecular weight excluding hydrogens is 276 g/mol. The maximum Gasteiger partial charge on any atom is 0.182 e. The molecule has 1 aromatic heterocycles. The zero-order valence-corrected chi connectivity index (χ0v) is 12.3. The van der Waals surface area contributed by atoms with Crippen LogP contribution in [0.25, 0.3) is 16.7 Å². The van der Waals surface area contributed by atoms with E-state index in [4.69, 9.17) is 23.8 Å². The van der Waals surface area contributed by atoms with Crippen molar-refractivity contribution in [3.63, 3.8) is 0 Å². The van der Waals surface area contributed by atoms with Gasteiger partial charge < -0.3 is 4.98 Å². The van der Waals surface area contributed by atoms with Crippen LogP contribution < -0.4 is 0 Å². The van der Waals surface area contributed by atoms with Gasteiger partial charge in [-0.05, 0) is 55.4 Å². The standard InChI is InChI=1S/C15H13ClN2S/c1-9-5-3-7-12(10(9)2)18-13-8-4-6-11(16)14(13)17-15(18)19/h3-8H,1-2H3,(H,17,19). The number of para-hydroxylation sites is 1. The fourth-order valence-corrected chi connectivity index (χ4v) is 2.83. The van der Waals surface area contributed by atoms with Crippen molar-refractivity contribution in [2.45, 2.75) is 13.8 Å². The number of aromatic nitrogens is 2. The molecular formula is C15H13ClN2S. The van der Waals surface area contributed by atoms with Crippen LogP contribution in [0.4, 0.5) is 0 Å². The topological polar surface area (TPSA) is 20.7 Å². The molecule has 0 saturated carbocycles. The van der Waals surface area contributed by atoms with E-state index in [2.05, 4.69) is 31.0 Å². The number of hydrogen-bond donors (Lipinski definition) is 1. The molecule has 2 nitrogen and oxygen atoms in total. The van der Waals surface area contributed by atoms with Gasteiger partial charge in [-0.2, -0.15) is 0 Å². The number of nitrogens with zero attached hydrogens (tertiary/aromatic N) is 1. The molecule has 96 valence electrons. The maximum absolute atomic E-state index is 6.21. The van der Waals surface area contributed by atoms with Crippen LogP contribution in [-0.4, -0.2) is 9.55 Å². The fraction of sp³-hybridized carbons (Fsp3) is 0.133. The number of rotatable bonds is 1. The Kier molecular flexibility index (Phi) is 2.96. The molecule has 0 aliphatic heterocycles. The van der Waals surface area contributed by atoms with Crippen molar-refractivity contribution in [2.24, 2.45) is 0 Å². The van der Waals surface area contributed by atoms with E-state index in [0.29, 0.717) is 9.79 Å². The molecule has 0 spiro atoms. The summed E-state index contributed by atoms with van der Waals surface area (Å²) in [5, 5.41) is 0.688. The first-order valence-electron chi connectivity index (χ1n) is 6.05. The van der Waals surface area contributed by atoms with Crippen LogP contribution >= 0.6 is 23.8 Å². The molecule has 3 aromatic rings. The third kappa shape index (κ3) is 1.90. The Balaban J connectivity index is 2.44. The highest BCUT2D eigenvalue weighted by molar-refractivity contribution is 7.71. The highest BCUT2D eigenvalue weighted by Gasteiger charge is 2.11. The lowest BCUT2D eigenvalue weighted by Gasteiger charge is -2.10. The zero-order chi connectivity index (χ0) is 13.6. The summed E-state index contributed by atoms with van der Waals surface area (Å²) in [5.41, 5.74) is 5.45. The molecule has 19 heavy (non-hydrogen) atoms. The minimum atomic E-state index is 0.664. The van der Waals surface area contributed by atoms with Gasteiger partial charge in [0.25, 0.3) is 0 Å². The van der Waals surface area contributed by atoms with Gasteiger partial charge in [0.1, 0.15) is 0 Å². The number of H-pyrrole nitrogens is 1. The van der Waals surface area contributed by atoms with Crippen molar-refractivity contribution in [1.29, 1.82) is 0 Å². The van der Waals surface area contributed by atoms with Crippen LogP contribution in [0.1, 0.15) is 11.1 Å². The van der Waals surface area contributed by atoms with Crippen LogP contribution in [0.2, 0.25) is 5.02 Å². The third-order valence-electron chi connectivity index (χ3n) is 3.48. The summed E-state index contributed by atoms with van der Waals surface area (Å²) in [5.74, 6) is 0. The van der Waals surface area contributed by atoms with Gasteiger partial charge in [0, 0.05) is 0 Å². The molecule has 0 aliphatic rings. The molecule has 0 amide bonds. The van der Waals surface area contributed by atoms with E-state index < -0.39 is 0 Å². The Bertz CT molecular complexity index is 830. The first-order chi connectivity index (χ1) is 9.09. The minimum Gasteiger partial charge on any atom is -0.329 e. The second-order valence-corrected chi connectivity index (χ2v) is 5.41. The summed E-state index contributed by atoms with van der Waals surface area (Å²) in [6, 6.07) is 12.0. The van der Waals surface area contributed by atoms with Crippen molar-refractivity contribution < 1.29 is 0 Å². The smallest absolute Gasteiger partial charge is 0.182 e. The molecule has 1 N–H and O–H groups in total. The molecule has 0 unspecified atom stereocenters. The Morgan fingerprint density at radius 1 is 1.11 bits per heavy atom. The molecule has 2 aromatic carbocycles. The Labute approximate surface area is 121 Å². The van der Waals surface area contributed by atoms with E-state index in [1.165, 1.54) is 11.1 Å². The van der Waals surface area contributed by atoms with E-state index in [1.54, 1.807) is 0 Å². The predicted molar refractivity (Wildman–Crippen MR) is 82.9 cm³/mol. The molecule has 0 aliphatic carbocycles. The summed E-state index contributed by atoms with van der Waals surface area (Å²) in [6.07, 6.45) is 0. The molecule has 0 radical (unpaired) electrons. The number of fused-ring (bicyclic) bond motifs is 1. The lowest BCUT2D eigenvalue weighted by atomic mass is 10.1. The summed E-state index contributed by atoms with van der Waals surface area (Å²) < 4.78 is 2.70. The van der Waals surface area contributed by atoms with E-state index in [1.807, 2.05) is 28.8 Å². The van der Waals surface area contributed by atoms with Crippen LogP contribution in [-0.2, 0) is 0 Å². The van der Waals surface area contributed by atoms with Gasteiger partial charge in [-0.25, -0.2) is 0 Å². The van der Waals surface area contributed by atoms with Crippen molar-refractivity contribution in [3.05, 3.63) is 57.3 Å². The predicted octanol–water partition coefficient (Wildman–Crippen LogP) is 4.96. The largest absolute Gasteiger partial charge is 0.329 e. The lowest BCUT2D eigenvalue weighted by Crippen LogP contribution is -1.98. The number of imidazole rings is 1. The third-order valence-corrected chi connectivity index (χ3v) is 4.08. The average molecular weight is 289 g/mol. The van der Waals surface area contributed by atoms with E-state index in [0.717, 1.165) is 16.7 Å². The summed E-state index contributed by atoms with van der Waals surface area (Å²) in [6.45, 7) is 4.21. The molecule has 1 heterocycles. The second kappa shape index (κ2) is 4.51. The minimum absolute atomic E-state index is 0.664. The lowest BCUT2D eigenvalue weighted by molar-refractivity contribution is 1.04. The first-order valence-corrected chi connectivity index (χ1v) is 6.84. The van der Waals surface area contributed by atoms with Gasteiger partial charge >= 0.3 is 0 Å². The molecule has 3 rings (SSSR count). The Morgan fingerprint density at radius 2 is 1.84 bits per heavy atom. The SMILES string of the molecule is Cc1cccc(-n2c(=S)[nH]c3c(Cl)cccc32)c1C. The van der Waals surface area contributed by atoms with Crippen LogP contribution in [0.15, 0.2) is 36.4 Å². The average Bonchev–Trinajstić information content (AvgIpc) is 2.71. The molecule has 0 fully saturated rings. The van der Waals surface area contributed by atoms with Crippen molar-refractivity contribution in [1.82, 2.24) is 9.55 Å². The summed E-state index contributed by atoms with van der Waals surface area (Å²) in [4.78, 5) is 3.19. The number of aryl methyl sites for hydroxylation is 1. The number of hydrogen-bond acceptors (Lipinski definition) is 1. The van der Waals surface area contributed by atoms with Crippen LogP contribution in [0, 0.1) is 18.6 Å². The van der Waals surface area contributed by atoms with Gasteiger partial charge in [-0.3, -0.25) is 4.57 Å². The highest BCUT2D eigenvalue weighted by atomic mass is 35.5. The highest BCUT2D eigenvalue weighted by Crippen LogP contribution is 2.27. The van der Waals surface area contributed by atoms with Gasteiger partial charge in [0.2, 0.25) is 0 Å². The summed E-state index contributed by atoms with van der Waals surface area (Å²) in [7, 11) is 0. The Morgan fingerprint density at radius 3 is 2.63 bits per heavy atom. The van der Waals surface area contributed by atoms with Crippen molar-refractivity contribution in [3.8, 4) is 5.69 Å². The number of benzene rings is 2. The van der Waals surface area contributed by atoms with E-state index >= 15 is 0 Å². The van der Waals surface area contributed by atoms with Crippen molar-refractivity contribution >= 4 is 34.9 Å². The quantitative estimate of drug-likeness (QED) is 0.628. The van der Waals surface area contributed by atoms with Gasteiger partial charge in [-0.15, -0.1) is 0 Å². The molecule has 0 saturated heterocycles. The van der Waals surface area contributed by atoms with Crippen LogP contribution in [0.3, 0.4) is 0 Å². The van der Waals surface area contributed by atoms with E-state index in [-0.39, 0.29) is 0 Å². The fourth-order valence-electron chi connectivity index (χ4n) is 2.31. The maximum atomic E-state index is 6.21. The first kappa shape index (κ1) is 12.5. The number of nitrogens with one attached hydrogen (secondary N) is 1. The monoisotopic (exact) mass is 288 g/mol. The molecule has 0 bridgehead atoms. The van der Waals surface area contributed by atoms with Crippen molar-refractivity contribution in [2.75, 3.05) is 0 Å². The number of aromatic amines is 1. The van der Waals surface area contributed by atoms with Gasteiger partial charge in [-0.1, -0.05) is 29.8 Å². The normalized spacial score (nSPS) is 11.1.